The molecule has 0 bridgehead atoms. The summed E-state index contributed by atoms with van der Waals surface area (Å²) in [6.45, 7) is 2.83. The molecule has 0 radical (unpaired) electrons. The monoisotopic (exact) mass is 251 g/mol. The van der Waals surface area contributed by atoms with Gasteiger partial charge in [-0.15, -0.1) is 0 Å². The van der Waals surface area contributed by atoms with Gasteiger partial charge in [0, 0.05) is 17.7 Å². The molecular weight excluding hydrogens is 230 g/mol. The predicted molar refractivity (Wildman–Crippen MR) is 69.5 cm³/mol. The summed E-state index contributed by atoms with van der Waals surface area (Å²) in [5.74, 6) is 0.700. The molecule has 3 atom stereocenters. The van der Waals surface area contributed by atoms with Crippen molar-refractivity contribution in [2.75, 3.05) is 6.54 Å². The molecule has 100 valence electrons. The summed E-state index contributed by atoms with van der Waals surface area (Å²) in [6, 6.07) is 4.69. The number of phenols is 2. The molecule has 0 aromatic heterocycles. The van der Waals surface area contributed by atoms with Gasteiger partial charge < -0.3 is 20.6 Å². The molecular formula is C14H21NO3. The van der Waals surface area contributed by atoms with Crippen LogP contribution in [0.3, 0.4) is 0 Å². The number of aliphatic hydroxyl groups excluding tert-OH is 1. The van der Waals surface area contributed by atoms with Crippen molar-refractivity contribution in [1.82, 2.24) is 5.32 Å². The van der Waals surface area contributed by atoms with Gasteiger partial charge in [0.15, 0.2) is 0 Å². The lowest BCUT2D eigenvalue weighted by Gasteiger charge is -2.18. The van der Waals surface area contributed by atoms with E-state index in [-0.39, 0.29) is 23.6 Å². The molecule has 4 nitrogen and oxygen atoms in total. The molecule has 0 spiro atoms. The third-order valence-corrected chi connectivity index (χ3v) is 3.71. The fourth-order valence-electron chi connectivity index (χ4n) is 2.59. The van der Waals surface area contributed by atoms with Crippen molar-refractivity contribution in [3.8, 4) is 11.5 Å². The van der Waals surface area contributed by atoms with Crippen LogP contribution in [0.1, 0.15) is 37.8 Å². The van der Waals surface area contributed by atoms with Gasteiger partial charge in [-0.05, 0) is 44.7 Å². The number of phenolic OH excluding ortho intramolecular Hbond substituents is 2. The Hall–Kier alpha value is -1.26. The summed E-state index contributed by atoms with van der Waals surface area (Å²) in [5, 5.41) is 31.8. The van der Waals surface area contributed by atoms with Crippen LogP contribution in [0.2, 0.25) is 0 Å². The van der Waals surface area contributed by atoms with Gasteiger partial charge in [-0.2, -0.15) is 0 Å². The molecule has 1 aromatic carbocycles. The topological polar surface area (TPSA) is 72.7 Å². The summed E-state index contributed by atoms with van der Waals surface area (Å²) < 4.78 is 0. The number of rotatable bonds is 4. The molecule has 0 saturated heterocycles. The van der Waals surface area contributed by atoms with Crippen molar-refractivity contribution < 1.29 is 15.3 Å². The molecule has 18 heavy (non-hydrogen) atoms. The molecule has 0 aliphatic heterocycles. The lowest BCUT2D eigenvalue weighted by molar-refractivity contribution is 0.177. The highest BCUT2D eigenvalue weighted by molar-refractivity contribution is 5.40. The fraction of sp³-hybridized carbons (Fsp3) is 0.571. The van der Waals surface area contributed by atoms with Crippen molar-refractivity contribution in [3.63, 3.8) is 0 Å². The van der Waals surface area contributed by atoms with Gasteiger partial charge in [0.25, 0.3) is 0 Å². The zero-order chi connectivity index (χ0) is 13.1. The van der Waals surface area contributed by atoms with E-state index < -0.39 is 0 Å². The zero-order valence-corrected chi connectivity index (χ0v) is 10.6. The minimum Gasteiger partial charge on any atom is -0.508 e. The number of hydrogen-bond donors (Lipinski definition) is 4. The van der Waals surface area contributed by atoms with E-state index in [4.69, 9.17) is 0 Å². The molecule has 1 aromatic rings. The van der Waals surface area contributed by atoms with E-state index in [9.17, 15) is 15.3 Å². The number of aliphatic hydroxyl groups is 1. The second-order valence-corrected chi connectivity index (χ2v) is 5.21. The van der Waals surface area contributed by atoms with Crippen molar-refractivity contribution >= 4 is 0 Å². The molecule has 3 unspecified atom stereocenters. The Morgan fingerprint density at radius 1 is 1.33 bits per heavy atom. The van der Waals surface area contributed by atoms with E-state index in [1.807, 2.05) is 6.92 Å². The fourth-order valence-corrected chi connectivity index (χ4v) is 2.59. The zero-order valence-electron chi connectivity index (χ0n) is 10.6. The third-order valence-electron chi connectivity index (χ3n) is 3.71. The lowest BCUT2D eigenvalue weighted by Crippen LogP contribution is -2.25. The molecule has 4 heteroatoms. The van der Waals surface area contributed by atoms with E-state index in [2.05, 4.69) is 5.32 Å². The van der Waals surface area contributed by atoms with Gasteiger partial charge in [0.2, 0.25) is 0 Å². The first-order valence-electron chi connectivity index (χ1n) is 6.49. The van der Waals surface area contributed by atoms with Crippen molar-refractivity contribution in [2.45, 2.75) is 38.3 Å². The lowest BCUT2D eigenvalue weighted by atomic mass is 10.0. The first-order chi connectivity index (χ1) is 8.56. The third kappa shape index (κ3) is 3.15. The smallest absolute Gasteiger partial charge is 0.124 e. The van der Waals surface area contributed by atoms with Gasteiger partial charge in [0.1, 0.15) is 11.5 Å². The first kappa shape index (κ1) is 13.2. The van der Waals surface area contributed by atoms with Gasteiger partial charge in [0.05, 0.1) is 6.10 Å². The minimum atomic E-state index is -0.144. The van der Waals surface area contributed by atoms with E-state index in [0.29, 0.717) is 5.92 Å². The highest BCUT2D eigenvalue weighted by atomic mass is 16.3. The summed E-state index contributed by atoms with van der Waals surface area (Å²) in [4.78, 5) is 0. The maximum atomic E-state index is 9.76. The van der Waals surface area contributed by atoms with Crippen LogP contribution in [0.15, 0.2) is 18.2 Å². The Morgan fingerprint density at radius 2 is 2.11 bits per heavy atom. The van der Waals surface area contributed by atoms with Crippen LogP contribution in [0.5, 0.6) is 11.5 Å². The number of benzene rings is 1. The van der Waals surface area contributed by atoms with E-state index in [0.717, 1.165) is 31.4 Å². The van der Waals surface area contributed by atoms with Crippen LogP contribution >= 0.6 is 0 Å². The summed E-state index contributed by atoms with van der Waals surface area (Å²) in [5.41, 5.74) is 0.784. The van der Waals surface area contributed by atoms with Gasteiger partial charge >= 0.3 is 0 Å². The molecule has 1 aliphatic rings. The Balaban J connectivity index is 1.89. The SMILES string of the molecule is CC(NCC1CCC(O)C1)c1ccc(O)cc1O. The highest BCUT2D eigenvalue weighted by Crippen LogP contribution is 2.29. The summed E-state index contributed by atoms with van der Waals surface area (Å²) in [6.07, 6.45) is 2.67. The Bertz CT molecular complexity index is 408. The second kappa shape index (κ2) is 5.59. The van der Waals surface area contributed by atoms with E-state index in [1.54, 1.807) is 12.1 Å². The minimum absolute atomic E-state index is 0.0309. The molecule has 1 fully saturated rings. The molecule has 0 amide bonds. The van der Waals surface area contributed by atoms with Crippen LogP contribution in [-0.2, 0) is 0 Å². The number of aromatic hydroxyl groups is 2. The molecule has 2 rings (SSSR count). The van der Waals surface area contributed by atoms with Crippen LogP contribution < -0.4 is 5.32 Å². The molecule has 1 aliphatic carbocycles. The Kier molecular flexibility index (Phi) is 4.09. The van der Waals surface area contributed by atoms with E-state index in [1.165, 1.54) is 6.07 Å². The number of hydrogen-bond acceptors (Lipinski definition) is 4. The first-order valence-corrected chi connectivity index (χ1v) is 6.49. The van der Waals surface area contributed by atoms with Crippen LogP contribution in [0.25, 0.3) is 0 Å². The largest absolute Gasteiger partial charge is 0.508 e. The van der Waals surface area contributed by atoms with Gasteiger partial charge in [-0.25, -0.2) is 0 Å². The Morgan fingerprint density at radius 3 is 2.72 bits per heavy atom. The second-order valence-electron chi connectivity index (χ2n) is 5.21. The predicted octanol–water partition coefficient (Wildman–Crippen LogP) is 1.91. The van der Waals surface area contributed by atoms with Crippen molar-refractivity contribution in [2.24, 2.45) is 5.92 Å². The number of nitrogens with one attached hydrogen (secondary N) is 1. The van der Waals surface area contributed by atoms with Gasteiger partial charge in [-0.3, -0.25) is 0 Å². The highest BCUT2D eigenvalue weighted by Gasteiger charge is 2.23. The average Bonchev–Trinajstić information content (AvgIpc) is 2.72. The van der Waals surface area contributed by atoms with Crippen LogP contribution in [-0.4, -0.2) is 28.0 Å². The van der Waals surface area contributed by atoms with Crippen molar-refractivity contribution in [3.05, 3.63) is 23.8 Å². The Labute approximate surface area is 107 Å². The van der Waals surface area contributed by atoms with Crippen LogP contribution in [0, 0.1) is 5.92 Å². The summed E-state index contributed by atoms with van der Waals surface area (Å²) >= 11 is 0. The molecule has 4 N–H and O–H groups in total. The van der Waals surface area contributed by atoms with Gasteiger partial charge in [-0.1, -0.05) is 6.07 Å². The standard InChI is InChI=1S/C14H21NO3/c1-9(13-5-4-12(17)7-14(13)18)15-8-10-2-3-11(16)6-10/h4-5,7,9-11,15-18H,2-3,6,8H2,1H3. The van der Waals surface area contributed by atoms with E-state index >= 15 is 0 Å². The maximum Gasteiger partial charge on any atom is 0.124 e. The molecule has 1 saturated carbocycles. The average molecular weight is 251 g/mol. The van der Waals surface area contributed by atoms with Crippen LogP contribution in [0.4, 0.5) is 0 Å². The normalized spacial score (nSPS) is 25.2. The maximum absolute atomic E-state index is 9.76. The van der Waals surface area contributed by atoms with Crippen molar-refractivity contribution in [1.29, 1.82) is 0 Å². The quantitative estimate of drug-likeness (QED) is 0.659. The molecule has 0 heterocycles. The summed E-state index contributed by atoms with van der Waals surface area (Å²) in [7, 11) is 0.